The third-order valence-electron chi connectivity index (χ3n) is 6.98. The minimum absolute atomic E-state index is 0.0919. The monoisotopic (exact) mass is 458 g/mol. The molecule has 8 heteroatoms. The summed E-state index contributed by atoms with van der Waals surface area (Å²) in [6, 6.07) is 17.1. The minimum Gasteiger partial charge on any atom is -0.441 e. The molecule has 1 aliphatic heterocycles. The number of hydrogen-bond donors (Lipinski definition) is 1. The molecule has 2 aliphatic rings. The number of fused-ring (bicyclic) bond motifs is 1. The van der Waals surface area contributed by atoms with Gasteiger partial charge >= 0.3 is 6.09 Å². The lowest BCUT2D eigenvalue weighted by Crippen LogP contribution is -2.38. The van der Waals surface area contributed by atoms with Gasteiger partial charge in [0, 0.05) is 18.2 Å². The Morgan fingerprint density at radius 1 is 1.03 bits per heavy atom. The average Bonchev–Trinajstić information content (AvgIpc) is 3.40. The Morgan fingerprint density at radius 3 is 2.62 bits per heavy atom. The molecular formula is C26H23FN4O3. The first-order valence-corrected chi connectivity index (χ1v) is 11.4. The summed E-state index contributed by atoms with van der Waals surface area (Å²) in [5, 5.41) is 0. The number of benzene rings is 2. The fourth-order valence-corrected chi connectivity index (χ4v) is 5.15. The van der Waals surface area contributed by atoms with Crippen molar-refractivity contribution in [3.63, 3.8) is 0 Å². The molecule has 6 rings (SSSR count). The Hall–Kier alpha value is -3.94. The lowest BCUT2D eigenvalue weighted by Gasteiger charge is -2.34. The number of H-pyrrole nitrogens is 1. The molecule has 0 atom stereocenters. The summed E-state index contributed by atoms with van der Waals surface area (Å²) in [6.07, 6.45) is 4.25. The minimum atomic E-state index is -0.594. The van der Waals surface area contributed by atoms with Crippen LogP contribution in [-0.2, 0) is 4.74 Å². The SMILES string of the molecule is O=C1OC2(CCC(c3nc4cc(-n5ccccc5=O)ccc4[nH]3)CC2)CN1c1ccccc1F. The first kappa shape index (κ1) is 20.7. The molecule has 1 amide bonds. The number of imidazole rings is 1. The van der Waals surface area contributed by atoms with Gasteiger partial charge in [0.1, 0.15) is 17.2 Å². The van der Waals surface area contributed by atoms with E-state index in [1.165, 1.54) is 17.0 Å². The Balaban J connectivity index is 1.20. The summed E-state index contributed by atoms with van der Waals surface area (Å²) in [4.78, 5) is 34.3. The lowest BCUT2D eigenvalue weighted by atomic mass is 9.78. The predicted octanol–water partition coefficient (Wildman–Crippen LogP) is 4.91. The van der Waals surface area contributed by atoms with Gasteiger partial charge in [-0.05, 0) is 62.1 Å². The molecule has 2 aromatic heterocycles. The van der Waals surface area contributed by atoms with Crippen LogP contribution < -0.4 is 10.5 Å². The quantitative estimate of drug-likeness (QED) is 0.473. The highest BCUT2D eigenvalue weighted by molar-refractivity contribution is 5.90. The summed E-state index contributed by atoms with van der Waals surface area (Å²) < 4.78 is 21.6. The molecule has 1 saturated carbocycles. The van der Waals surface area contributed by atoms with Gasteiger partial charge in [-0.1, -0.05) is 18.2 Å². The number of carbonyl (C=O) groups excluding carboxylic acids is 1. The number of anilines is 1. The van der Waals surface area contributed by atoms with E-state index in [9.17, 15) is 14.0 Å². The molecule has 1 aliphatic carbocycles. The number of rotatable bonds is 3. The first-order chi connectivity index (χ1) is 16.5. The molecule has 4 aromatic rings. The van der Waals surface area contributed by atoms with E-state index in [1.54, 1.807) is 35.0 Å². The van der Waals surface area contributed by atoms with Crippen molar-refractivity contribution in [2.24, 2.45) is 0 Å². The number of hydrogen-bond acceptors (Lipinski definition) is 4. The third kappa shape index (κ3) is 3.46. The summed E-state index contributed by atoms with van der Waals surface area (Å²) >= 11 is 0. The molecule has 172 valence electrons. The maximum atomic E-state index is 14.2. The van der Waals surface area contributed by atoms with Crippen LogP contribution in [0, 0.1) is 5.82 Å². The number of aromatic nitrogens is 3. The van der Waals surface area contributed by atoms with Gasteiger partial charge in [0.25, 0.3) is 5.56 Å². The number of nitrogens with zero attached hydrogens (tertiary/aromatic N) is 3. The van der Waals surface area contributed by atoms with Gasteiger partial charge in [0.2, 0.25) is 0 Å². The van der Waals surface area contributed by atoms with Gasteiger partial charge in [-0.3, -0.25) is 14.3 Å². The highest BCUT2D eigenvalue weighted by Crippen LogP contribution is 2.44. The van der Waals surface area contributed by atoms with Gasteiger partial charge in [-0.15, -0.1) is 0 Å². The van der Waals surface area contributed by atoms with Crippen LogP contribution >= 0.6 is 0 Å². The summed E-state index contributed by atoms with van der Waals surface area (Å²) in [5.74, 6) is 0.685. The Labute approximate surface area is 194 Å². The average molecular weight is 458 g/mol. The zero-order chi connectivity index (χ0) is 23.3. The van der Waals surface area contributed by atoms with Crippen molar-refractivity contribution in [3.8, 4) is 5.69 Å². The molecule has 1 spiro atoms. The zero-order valence-corrected chi connectivity index (χ0v) is 18.4. The van der Waals surface area contributed by atoms with Crippen LogP contribution in [0.2, 0.25) is 0 Å². The molecule has 1 saturated heterocycles. The topological polar surface area (TPSA) is 80.2 Å². The van der Waals surface area contributed by atoms with E-state index in [2.05, 4.69) is 4.98 Å². The summed E-state index contributed by atoms with van der Waals surface area (Å²) in [7, 11) is 0. The molecule has 1 N–H and O–H groups in total. The molecular weight excluding hydrogens is 435 g/mol. The predicted molar refractivity (Wildman–Crippen MR) is 126 cm³/mol. The van der Waals surface area contributed by atoms with E-state index < -0.39 is 17.5 Å². The number of aromatic amines is 1. The fraction of sp³-hybridized carbons (Fsp3) is 0.269. The van der Waals surface area contributed by atoms with Crippen LogP contribution in [0.3, 0.4) is 0 Å². The Bertz CT molecular complexity index is 1450. The molecule has 2 fully saturated rings. The second kappa shape index (κ2) is 7.83. The number of amides is 1. The number of para-hydroxylation sites is 1. The van der Waals surface area contributed by atoms with Gasteiger partial charge in [-0.25, -0.2) is 14.2 Å². The van der Waals surface area contributed by atoms with Gasteiger partial charge in [0.05, 0.1) is 29.0 Å². The van der Waals surface area contributed by atoms with Crippen molar-refractivity contribution in [2.45, 2.75) is 37.2 Å². The fourth-order valence-electron chi connectivity index (χ4n) is 5.15. The van der Waals surface area contributed by atoms with Crippen LogP contribution in [0.4, 0.5) is 14.9 Å². The smallest absolute Gasteiger partial charge is 0.415 e. The molecule has 34 heavy (non-hydrogen) atoms. The first-order valence-electron chi connectivity index (χ1n) is 11.4. The highest BCUT2D eigenvalue weighted by Gasteiger charge is 2.48. The number of nitrogens with one attached hydrogen (secondary N) is 1. The van der Waals surface area contributed by atoms with Crippen molar-refractivity contribution < 1.29 is 13.9 Å². The molecule has 3 heterocycles. The molecule has 0 unspecified atom stereocenters. The molecule has 7 nitrogen and oxygen atoms in total. The zero-order valence-electron chi connectivity index (χ0n) is 18.4. The van der Waals surface area contributed by atoms with Crippen LogP contribution in [0.25, 0.3) is 16.7 Å². The van der Waals surface area contributed by atoms with Gasteiger partial charge in [-0.2, -0.15) is 0 Å². The van der Waals surface area contributed by atoms with E-state index in [0.717, 1.165) is 35.4 Å². The second-order valence-corrected chi connectivity index (χ2v) is 9.10. The van der Waals surface area contributed by atoms with E-state index in [1.807, 2.05) is 24.3 Å². The second-order valence-electron chi connectivity index (χ2n) is 9.10. The molecule has 2 aromatic carbocycles. The maximum Gasteiger partial charge on any atom is 0.415 e. The normalized spacial score (nSPS) is 22.4. The largest absolute Gasteiger partial charge is 0.441 e. The summed E-state index contributed by atoms with van der Waals surface area (Å²) in [6.45, 7) is 0.356. The maximum absolute atomic E-state index is 14.2. The standard InChI is InChI=1S/C26H23FN4O3/c27-19-5-1-2-6-22(19)31-16-26(34-25(31)33)12-10-17(11-13-26)24-28-20-9-8-18(15-21(20)29-24)30-14-4-3-7-23(30)32/h1-9,14-15,17H,10-13,16H2,(H,28,29). The van der Waals surface area contributed by atoms with Crippen molar-refractivity contribution in [1.82, 2.24) is 14.5 Å². The molecule has 0 radical (unpaired) electrons. The number of pyridine rings is 1. The van der Waals surface area contributed by atoms with Gasteiger partial charge < -0.3 is 9.72 Å². The highest BCUT2D eigenvalue weighted by atomic mass is 19.1. The molecule has 0 bridgehead atoms. The van der Waals surface area contributed by atoms with Crippen molar-refractivity contribution in [1.29, 1.82) is 0 Å². The van der Waals surface area contributed by atoms with Crippen LogP contribution in [0.5, 0.6) is 0 Å². The lowest BCUT2D eigenvalue weighted by molar-refractivity contribution is 0.0208. The van der Waals surface area contributed by atoms with Gasteiger partial charge in [0.15, 0.2) is 0 Å². The van der Waals surface area contributed by atoms with Crippen molar-refractivity contribution >= 4 is 22.8 Å². The summed E-state index contributed by atoms with van der Waals surface area (Å²) in [5.41, 5.74) is 2.07. The van der Waals surface area contributed by atoms with Crippen LogP contribution in [0.15, 0.2) is 71.7 Å². The number of carbonyl (C=O) groups is 1. The van der Waals surface area contributed by atoms with Crippen LogP contribution in [-0.4, -0.2) is 32.8 Å². The van der Waals surface area contributed by atoms with E-state index in [0.29, 0.717) is 19.4 Å². The van der Waals surface area contributed by atoms with Crippen LogP contribution in [0.1, 0.15) is 37.4 Å². The van der Waals surface area contributed by atoms with Crippen molar-refractivity contribution in [3.05, 3.63) is 88.9 Å². The number of halogens is 1. The third-order valence-corrected chi connectivity index (χ3v) is 6.98. The Kier molecular flexibility index (Phi) is 4.76. The number of ether oxygens (including phenoxy) is 1. The van der Waals surface area contributed by atoms with Crippen molar-refractivity contribution in [2.75, 3.05) is 11.4 Å². The van der Waals surface area contributed by atoms with E-state index >= 15 is 0 Å². The Morgan fingerprint density at radius 2 is 1.82 bits per heavy atom. The van der Waals surface area contributed by atoms with E-state index in [-0.39, 0.29) is 17.2 Å². The van der Waals surface area contributed by atoms with E-state index in [4.69, 9.17) is 9.72 Å².